The van der Waals surface area contributed by atoms with E-state index in [2.05, 4.69) is 25.1 Å². The Morgan fingerprint density at radius 3 is 2.29 bits per heavy atom. The molecule has 0 aliphatic carbocycles. The van der Waals surface area contributed by atoms with Crippen LogP contribution in [0.1, 0.15) is 5.56 Å². The third kappa shape index (κ3) is 3.51. The van der Waals surface area contributed by atoms with Crippen molar-refractivity contribution in [3.05, 3.63) is 88.4 Å². The lowest BCUT2D eigenvalue weighted by Crippen LogP contribution is -1.99. The van der Waals surface area contributed by atoms with E-state index >= 15 is 0 Å². The molecule has 0 amide bonds. The zero-order valence-electron chi connectivity index (χ0n) is 15.5. The maximum absolute atomic E-state index is 6.27. The first kappa shape index (κ1) is 18.6. The summed E-state index contributed by atoms with van der Waals surface area (Å²) >= 11 is 12.4. The summed E-state index contributed by atoms with van der Waals surface area (Å²) in [6, 6.07) is 23.7. The van der Waals surface area contributed by atoms with Crippen LogP contribution in [0.25, 0.3) is 28.2 Å². The molecule has 0 bridgehead atoms. The molecule has 0 saturated heterocycles. The zero-order chi connectivity index (χ0) is 19.7. The van der Waals surface area contributed by atoms with Crippen LogP contribution >= 0.6 is 23.2 Å². The van der Waals surface area contributed by atoms with Gasteiger partial charge in [0.25, 0.3) is 0 Å². The fourth-order valence-electron chi connectivity index (χ4n) is 3.15. The van der Waals surface area contributed by atoms with E-state index in [1.807, 2.05) is 53.2 Å². The summed E-state index contributed by atoms with van der Waals surface area (Å²) in [7, 11) is 1.65. The molecule has 3 aromatic carbocycles. The maximum atomic E-state index is 6.27. The van der Waals surface area contributed by atoms with E-state index in [0.717, 1.165) is 34.0 Å². The Balaban J connectivity index is 1.91. The molecule has 0 saturated carbocycles. The van der Waals surface area contributed by atoms with Gasteiger partial charge in [0.15, 0.2) is 0 Å². The summed E-state index contributed by atoms with van der Waals surface area (Å²) in [6.45, 7) is 2.08. The molecule has 0 radical (unpaired) electrons. The summed E-state index contributed by atoms with van der Waals surface area (Å²) in [5.41, 5.74) is 5.97. The van der Waals surface area contributed by atoms with Crippen LogP contribution < -0.4 is 4.74 Å². The van der Waals surface area contributed by atoms with E-state index in [9.17, 15) is 0 Å². The van der Waals surface area contributed by atoms with Crippen molar-refractivity contribution in [3.8, 4) is 34.0 Å². The van der Waals surface area contributed by atoms with Crippen molar-refractivity contribution in [2.75, 3.05) is 7.11 Å². The van der Waals surface area contributed by atoms with Gasteiger partial charge in [0.2, 0.25) is 0 Å². The Morgan fingerprint density at radius 2 is 1.61 bits per heavy atom. The van der Waals surface area contributed by atoms with E-state index in [4.69, 9.17) is 33.0 Å². The second-order valence-electron chi connectivity index (χ2n) is 6.47. The third-order valence-corrected chi connectivity index (χ3v) is 5.40. The molecular formula is C23H18Cl2N2O. The van der Waals surface area contributed by atoms with E-state index < -0.39 is 0 Å². The van der Waals surface area contributed by atoms with Crippen molar-refractivity contribution in [2.45, 2.75) is 6.92 Å². The highest BCUT2D eigenvalue weighted by atomic mass is 35.5. The minimum Gasteiger partial charge on any atom is -0.497 e. The highest BCUT2D eigenvalue weighted by Crippen LogP contribution is 2.33. The minimum atomic E-state index is 0.513. The van der Waals surface area contributed by atoms with Gasteiger partial charge in [-0.1, -0.05) is 53.5 Å². The molecule has 4 aromatic rings. The molecule has 0 atom stereocenters. The van der Waals surface area contributed by atoms with E-state index in [0.29, 0.717) is 10.0 Å². The number of aryl methyl sites for hydroxylation is 1. The standard InChI is InChI=1S/C23H18Cl2N2O/c1-15-5-3-4-6-19(15)22-14-23(16-7-12-20(24)21(25)13-16)27(26-22)17-8-10-18(28-2)11-9-17/h3-14H,1-2H3. The molecule has 140 valence electrons. The van der Waals surface area contributed by atoms with Crippen LogP contribution in [0.4, 0.5) is 0 Å². The van der Waals surface area contributed by atoms with Gasteiger partial charge in [-0.3, -0.25) is 0 Å². The molecule has 0 aliphatic rings. The van der Waals surface area contributed by atoms with Crippen molar-refractivity contribution < 1.29 is 4.74 Å². The first-order chi connectivity index (χ1) is 13.6. The fourth-order valence-corrected chi connectivity index (χ4v) is 3.45. The van der Waals surface area contributed by atoms with Crippen molar-refractivity contribution in [2.24, 2.45) is 0 Å². The lowest BCUT2D eigenvalue weighted by Gasteiger charge is -2.09. The maximum Gasteiger partial charge on any atom is 0.119 e. The molecule has 5 heteroatoms. The number of hydrogen-bond donors (Lipinski definition) is 0. The Morgan fingerprint density at radius 1 is 0.857 bits per heavy atom. The van der Waals surface area contributed by atoms with Crippen molar-refractivity contribution in [1.82, 2.24) is 9.78 Å². The quantitative estimate of drug-likeness (QED) is 0.369. The molecule has 1 aromatic heterocycles. The van der Waals surface area contributed by atoms with Gasteiger partial charge in [0.05, 0.1) is 34.2 Å². The lowest BCUT2D eigenvalue weighted by molar-refractivity contribution is 0.414. The first-order valence-electron chi connectivity index (χ1n) is 8.83. The number of rotatable bonds is 4. The normalized spacial score (nSPS) is 10.9. The Bertz CT molecular complexity index is 1130. The predicted molar refractivity (Wildman–Crippen MR) is 116 cm³/mol. The molecule has 0 spiro atoms. The summed E-state index contributed by atoms with van der Waals surface area (Å²) in [5.74, 6) is 0.797. The summed E-state index contributed by atoms with van der Waals surface area (Å²) in [4.78, 5) is 0. The fraction of sp³-hybridized carbons (Fsp3) is 0.0870. The second-order valence-corrected chi connectivity index (χ2v) is 7.28. The Kier molecular flexibility index (Phi) is 5.12. The SMILES string of the molecule is COc1ccc(-n2nc(-c3ccccc3C)cc2-c2ccc(Cl)c(Cl)c2)cc1. The van der Waals surface area contributed by atoms with Gasteiger partial charge in [-0.25, -0.2) is 4.68 Å². The minimum absolute atomic E-state index is 0.513. The van der Waals surface area contributed by atoms with Crippen LogP contribution in [-0.2, 0) is 0 Å². The van der Waals surface area contributed by atoms with Gasteiger partial charge < -0.3 is 4.74 Å². The van der Waals surface area contributed by atoms with E-state index in [1.165, 1.54) is 5.56 Å². The van der Waals surface area contributed by atoms with Crippen LogP contribution in [0, 0.1) is 6.92 Å². The summed E-state index contributed by atoms with van der Waals surface area (Å²) < 4.78 is 7.19. The van der Waals surface area contributed by atoms with Crippen molar-refractivity contribution >= 4 is 23.2 Å². The monoisotopic (exact) mass is 408 g/mol. The zero-order valence-corrected chi connectivity index (χ0v) is 17.0. The lowest BCUT2D eigenvalue weighted by atomic mass is 10.0. The van der Waals surface area contributed by atoms with Crippen LogP contribution in [-0.4, -0.2) is 16.9 Å². The predicted octanol–water partition coefficient (Wildman–Crippen LogP) is 6.83. The number of methoxy groups -OCH3 is 1. The molecule has 0 N–H and O–H groups in total. The van der Waals surface area contributed by atoms with Crippen molar-refractivity contribution in [3.63, 3.8) is 0 Å². The highest BCUT2D eigenvalue weighted by molar-refractivity contribution is 6.42. The average Bonchev–Trinajstić information content (AvgIpc) is 3.15. The molecule has 4 rings (SSSR count). The van der Waals surface area contributed by atoms with Gasteiger partial charge in [-0.05, 0) is 55.0 Å². The van der Waals surface area contributed by atoms with Crippen LogP contribution in [0.5, 0.6) is 5.75 Å². The second kappa shape index (κ2) is 7.70. The van der Waals surface area contributed by atoms with Crippen LogP contribution in [0.2, 0.25) is 10.0 Å². The van der Waals surface area contributed by atoms with Gasteiger partial charge in [0.1, 0.15) is 5.75 Å². The first-order valence-corrected chi connectivity index (χ1v) is 9.58. The number of hydrogen-bond acceptors (Lipinski definition) is 2. The highest BCUT2D eigenvalue weighted by Gasteiger charge is 2.15. The molecule has 0 aliphatic heterocycles. The molecule has 3 nitrogen and oxygen atoms in total. The number of ether oxygens (including phenoxy) is 1. The third-order valence-electron chi connectivity index (χ3n) is 4.66. The molecule has 28 heavy (non-hydrogen) atoms. The number of halogens is 2. The molecule has 0 unspecified atom stereocenters. The van der Waals surface area contributed by atoms with Crippen molar-refractivity contribution in [1.29, 1.82) is 0 Å². The molecule has 0 fully saturated rings. The molecular weight excluding hydrogens is 391 g/mol. The largest absolute Gasteiger partial charge is 0.497 e. The van der Waals surface area contributed by atoms with Gasteiger partial charge >= 0.3 is 0 Å². The van der Waals surface area contributed by atoms with Gasteiger partial charge in [0, 0.05) is 11.1 Å². The van der Waals surface area contributed by atoms with E-state index in [-0.39, 0.29) is 0 Å². The van der Waals surface area contributed by atoms with Crippen LogP contribution in [0.15, 0.2) is 72.8 Å². The summed E-state index contributed by atoms with van der Waals surface area (Å²) in [6.07, 6.45) is 0. The smallest absolute Gasteiger partial charge is 0.119 e. The van der Waals surface area contributed by atoms with Gasteiger partial charge in [-0.15, -0.1) is 0 Å². The Hall–Kier alpha value is -2.75. The van der Waals surface area contributed by atoms with Gasteiger partial charge in [-0.2, -0.15) is 5.10 Å². The number of benzene rings is 3. The topological polar surface area (TPSA) is 27.1 Å². The van der Waals surface area contributed by atoms with Crippen LogP contribution in [0.3, 0.4) is 0 Å². The van der Waals surface area contributed by atoms with E-state index in [1.54, 1.807) is 13.2 Å². The average molecular weight is 409 g/mol. The number of nitrogens with zero attached hydrogens (tertiary/aromatic N) is 2. The number of aromatic nitrogens is 2. The Labute approximate surface area is 174 Å². The summed E-state index contributed by atoms with van der Waals surface area (Å²) in [5, 5.41) is 5.94. The molecule has 1 heterocycles.